The largest absolute Gasteiger partial charge is 0.507 e. The molecule has 5 rings (SSSR count). The third-order valence-corrected chi connectivity index (χ3v) is 8.22. The summed E-state index contributed by atoms with van der Waals surface area (Å²) in [6.07, 6.45) is 7.41. The van der Waals surface area contributed by atoms with Crippen molar-refractivity contribution in [2.45, 2.75) is 38.8 Å². The summed E-state index contributed by atoms with van der Waals surface area (Å²) in [4.78, 5) is 14.0. The number of nitrogens with zero attached hydrogens (tertiary/aromatic N) is 4. The Morgan fingerprint density at radius 3 is 1.50 bits per heavy atom. The van der Waals surface area contributed by atoms with Crippen molar-refractivity contribution in [2.24, 2.45) is 9.98 Å². The third-order valence-electron chi connectivity index (χ3n) is 7.30. The molecule has 0 saturated carbocycles. The first kappa shape index (κ1) is 31.1. The van der Waals surface area contributed by atoms with Gasteiger partial charge in [-0.1, -0.05) is 31.9 Å². The average molecular weight is 679 g/mol. The Labute approximate surface area is 255 Å². The van der Waals surface area contributed by atoms with E-state index in [2.05, 4.69) is 62.3 Å². The molecule has 2 aromatic carbocycles. The summed E-state index contributed by atoms with van der Waals surface area (Å²) < 4.78 is 1.89. The molecule has 8 nitrogen and oxygen atoms in total. The smallest absolute Gasteiger partial charge is 0.128 e. The van der Waals surface area contributed by atoms with Gasteiger partial charge in [0.1, 0.15) is 11.5 Å². The van der Waals surface area contributed by atoms with E-state index in [1.807, 2.05) is 24.3 Å². The Kier molecular flexibility index (Phi) is 12.9. The topological polar surface area (TPSA) is 95.7 Å². The zero-order valence-corrected chi connectivity index (χ0v) is 26.4. The molecule has 2 unspecified atom stereocenters. The van der Waals surface area contributed by atoms with E-state index in [0.717, 1.165) is 109 Å². The second-order valence-corrected chi connectivity index (χ2v) is 12.4. The minimum atomic E-state index is 0.310. The number of nitrogens with one attached hydrogen (secondary N) is 2. The predicted molar refractivity (Wildman–Crippen MR) is 171 cm³/mol. The maximum absolute atomic E-state index is 11.1. The molecule has 6 bridgehead atoms. The van der Waals surface area contributed by atoms with Gasteiger partial charge in [0.25, 0.3) is 0 Å². The third kappa shape index (κ3) is 9.92. The number of benzene rings is 2. The summed E-state index contributed by atoms with van der Waals surface area (Å²) in [5.41, 5.74) is 3.32. The van der Waals surface area contributed by atoms with E-state index in [4.69, 9.17) is 0 Å². The van der Waals surface area contributed by atoms with E-state index in [-0.39, 0.29) is 0 Å². The highest BCUT2D eigenvalue weighted by Crippen LogP contribution is 2.29. The van der Waals surface area contributed by atoms with E-state index in [9.17, 15) is 10.2 Å². The van der Waals surface area contributed by atoms with Crippen LogP contribution in [0.3, 0.4) is 0 Å². The number of halogens is 2. The zero-order valence-electron chi connectivity index (χ0n) is 23.2. The monoisotopic (exact) mass is 676 g/mol. The van der Waals surface area contributed by atoms with E-state index >= 15 is 0 Å². The van der Waals surface area contributed by atoms with Crippen molar-refractivity contribution < 1.29 is 10.2 Å². The fourth-order valence-electron chi connectivity index (χ4n) is 5.13. The molecule has 1 fully saturated rings. The molecule has 4 N–H and O–H groups in total. The summed E-state index contributed by atoms with van der Waals surface area (Å²) in [5, 5.41) is 29.3. The van der Waals surface area contributed by atoms with E-state index < -0.39 is 0 Å². The molecule has 3 heterocycles. The van der Waals surface area contributed by atoms with Crippen LogP contribution in [-0.2, 0) is 13.1 Å². The number of aliphatic imine (C=N–C) groups is 2. The molecule has 0 amide bonds. The maximum atomic E-state index is 11.1. The summed E-state index contributed by atoms with van der Waals surface area (Å²) in [6, 6.07) is 7.89. The van der Waals surface area contributed by atoms with Crippen LogP contribution in [0, 0.1) is 0 Å². The van der Waals surface area contributed by atoms with Gasteiger partial charge in [0.05, 0.1) is 0 Å². The van der Waals surface area contributed by atoms with Gasteiger partial charge < -0.3 is 20.8 Å². The lowest BCUT2D eigenvalue weighted by atomic mass is 10.1. The summed E-state index contributed by atoms with van der Waals surface area (Å²) in [6.45, 7) is 10.1. The second-order valence-electron chi connectivity index (χ2n) is 10.5. The molecule has 0 aliphatic carbocycles. The minimum Gasteiger partial charge on any atom is -0.507 e. The van der Waals surface area contributed by atoms with Gasteiger partial charge in [-0.3, -0.25) is 19.8 Å². The summed E-state index contributed by atoms with van der Waals surface area (Å²) >= 11 is 7.26. The van der Waals surface area contributed by atoms with Crippen molar-refractivity contribution in [1.29, 1.82) is 0 Å². The van der Waals surface area contributed by atoms with Crippen molar-refractivity contribution in [3.05, 3.63) is 55.5 Å². The molecule has 3 aliphatic heterocycles. The van der Waals surface area contributed by atoms with E-state index in [1.54, 1.807) is 12.4 Å². The first-order chi connectivity index (χ1) is 19.5. The van der Waals surface area contributed by atoms with Crippen molar-refractivity contribution >= 4 is 44.3 Å². The van der Waals surface area contributed by atoms with Crippen LogP contribution < -0.4 is 10.6 Å². The van der Waals surface area contributed by atoms with Crippen LogP contribution in [-0.4, -0.2) is 97.9 Å². The summed E-state index contributed by atoms with van der Waals surface area (Å²) in [7, 11) is 0. The molecular weight excluding hydrogens is 636 g/mol. The molecular formula is C30H42Br2N6O2. The van der Waals surface area contributed by atoms with Crippen LogP contribution in [0.15, 0.2) is 43.2 Å². The Balaban J connectivity index is 1.57. The van der Waals surface area contributed by atoms with Gasteiger partial charge in [0.2, 0.25) is 0 Å². The Morgan fingerprint density at radius 1 is 0.600 bits per heavy atom. The van der Waals surface area contributed by atoms with Crippen LogP contribution in [0.5, 0.6) is 11.5 Å². The fraction of sp³-hybridized carbons (Fsp3) is 0.533. The number of aromatic hydroxyl groups is 2. The average Bonchev–Trinajstić information content (AvgIpc) is 2.92. The number of phenols is 2. The number of phenolic OH excluding ortho intramolecular Hbond substituents is 2. The van der Waals surface area contributed by atoms with Gasteiger partial charge >= 0.3 is 0 Å². The lowest BCUT2D eigenvalue weighted by molar-refractivity contribution is 0.238. The molecule has 0 spiro atoms. The maximum Gasteiger partial charge on any atom is 0.128 e. The van der Waals surface area contributed by atoms with Gasteiger partial charge in [-0.15, -0.1) is 0 Å². The van der Waals surface area contributed by atoms with Crippen molar-refractivity contribution in [1.82, 2.24) is 20.4 Å². The second kappa shape index (κ2) is 16.6. The minimum absolute atomic E-state index is 0.310. The number of hydrogen-bond acceptors (Lipinski definition) is 8. The van der Waals surface area contributed by atoms with Crippen LogP contribution in [0.1, 0.15) is 47.9 Å². The molecule has 10 heteroatoms. The van der Waals surface area contributed by atoms with Crippen LogP contribution in [0.2, 0.25) is 0 Å². The van der Waals surface area contributed by atoms with E-state index in [0.29, 0.717) is 37.7 Å². The van der Waals surface area contributed by atoms with Gasteiger partial charge in [-0.25, -0.2) is 0 Å². The van der Waals surface area contributed by atoms with Gasteiger partial charge in [0, 0.05) is 96.0 Å². The normalized spacial score (nSPS) is 22.4. The summed E-state index contributed by atoms with van der Waals surface area (Å²) in [5.74, 6) is 0.620. The zero-order chi connectivity index (χ0) is 28.2. The van der Waals surface area contributed by atoms with Crippen LogP contribution in [0.25, 0.3) is 0 Å². The van der Waals surface area contributed by atoms with Gasteiger partial charge in [0.15, 0.2) is 0 Å². The number of hydrogen-bond donors (Lipinski definition) is 4. The molecule has 2 aromatic rings. The molecule has 2 atom stereocenters. The van der Waals surface area contributed by atoms with E-state index in [1.165, 1.54) is 0 Å². The van der Waals surface area contributed by atoms with Crippen molar-refractivity contribution in [3.63, 3.8) is 0 Å². The first-order valence-corrected chi connectivity index (χ1v) is 16.0. The van der Waals surface area contributed by atoms with Crippen LogP contribution >= 0.6 is 31.9 Å². The SMILES string of the molecule is Oc1c2cc(Br)cc1CN1CCCNCCN(CCCNCC1)Cc1cc(Br)cc(c1O)C=NCCCCN=C2. The quantitative estimate of drug-likeness (QED) is 0.328. The molecule has 3 aliphatic rings. The Hall–Kier alpha value is -1.82. The highest BCUT2D eigenvalue weighted by molar-refractivity contribution is 9.10. The predicted octanol–water partition coefficient (Wildman–Crippen LogP) is 4.53. The molecule has 1 saturated heterocycles. The van der Waals surface area contributed by atoms with Crippen LogP contribution in [0.4, 0.5) is 0 Å². The molecule has 218 valence electrons. The number of rotatable bonds is 0. The number of fused-ring (bicyclic) bond motifs is 15. The molecule has 0 aromatic heterocycles. The first-order valence-electron chi connectivity index (χ1n) is 14.4. The lowest BCUT2D eigenvalue weighted by Crippen LogP contribution is -2.38. The molecule has 0 radical (unpaired) electrons. The highest BCUT2D eigenvalue weighted by atomic mass is 79.9. The fourth-order valence-corrected chi connectivity index (χ4v) is 6.17. The molecule has 40 heavy (non-hydrogen) atoms. The standard InChI is InChI=1S/C30H42Br2N6O2/c31-27-15-23-19-35-5-1-2-6-36-20-24-16-28(32)18-26(30(24)40)22-38-12-4-8-33-9-13-37(11-3-7-34-10-14-38)21-25(17-27)29(23)39/h15-20,33-34,39-40H,1-14,21-22H2. The Bertz CT molecular complexity index is 1050. The Morgan fingerprint density at radius 2 is 1.05 bits per heavy atom. The van der Waals surface area contributed by atoms with Crippen molar-refractivity contribution in [2.75, 3.05) is 65.4 Å². The van der Waals surface area contributed by atoms with Crippen molar-refractivity contribution in [3.8, 4) is 11.5 Å². The lowest BCUT2D eigenvalue weighted by Gasteiger charge is -2.26. The van der Waals surface area contributed by atoms with Gasteiger partial charge in [-0.05, 0) is 76.1 Å². The van der Waals surface area contributed by atoms with Gasteiger partial charge in [-0.2, -0.15) is 0 Å². The highest BCUT2D eigenvalue weighted by Gasteiger charge is 2.15.